The number of methoxy groups -OCH3 is 1. The van der Waals surface area contributed by atoms with E-state index in [-0.39, 0.29) is 5.56 Å². The van der Waals surface area contributed by atoms with Gasteiger partial charge in [-0.3, -0.25) is 0 Å². The highest BCUT2D eigenvalue weighted by Crippen LogP contribution is 2.26. The summed E-state index contributed by atoms with van der Waals surface area (Å²) in [5.74, 6) is -0.371. The maximum absolute atomic E-state index is 10.8. The molecule has 0 unspecified atom stereocenters. The van der Waals surface area contributed by atoms with Crippen molar-refractivity contribution in [2.75, 3.05) is 7.11 Å². The number of hydrogen-bond acceptors (Lipinski definition) is 2. The molecule has 4 heteroatoms. The van der Waals surface area contributed by atoms with E-state index in [9.17, 15) is 4.79 Å². The third-order valence-corrected chi connectivity index (χ3v) is 2.23. The Morgan fingerprint density at radius 1 is 1.40 bits per heavy atom. The first-order chi connectivity index (χ1) is 7.06. The lowest BCUT2D eigenvalue weighted by Gasteiger charge is -2.07. The first kappa shape index (κ1) is 14.0. The molecule has 0 radical (unpaired) electrons. The Hall–Kier alpha value is -1.03. The number of carbonyl (C=O) groups is 1. The van der Waals surface area contributed by atoms with Crippen LogP contribution in [0.2, 0.25) is 0 Å². The molecule has 0 aliphatic rings. The lowest BCUT2D eigenvalue weighted by Crippen LogP contribution is -2.01. The number of ether oxygens (including phenoxy) is 1. The van der Waals surface area contributed by atoms with Gasteiger partial charge in [-0.1, -0.05) is 29.8 Å². The average Bonchev–Trinajstić information content (AvgIpc) is 2.23. The van der Waals surface area contributed by atoms with Crippen LogP contribution in [0.5, 0.6) is 5.75 Å². The molecular formula is C11H15BrO3. The van der Waals surface area contributed by atoms with Crippen molar-refractivity contribution in [3.05, 3.63) is 27.7 Å². The predicted octanol–water partition coefficient (Wildman–Crippen LogP) is 3.49. The van der Waals surface area contributed by atoms with E-state index < -0.39 is 5.97 Å². The summed E-state index contributed by atoms with van der Waals surface area (Å²) in [7, 11) is 1.51. The van der Waals surface area contributed by atoms with Gasteiger partial charge < -0.3 is 9.84 Å². The lowest BCUT2D eigenvalue weighted by atomic mass is 10.1. The summed E-state index contributed by atoms with van der Waals surface area (Å²) in [6.07, 6.45) is 0. The van der Waals surface area contributed by atoms with Crippen LogP contribution in [-0.2, 0) is 0 Å². The van der Waals surface area contributed by atoms with Crippen LogP contribution in [-0.4, -0.2) is 18.2 Å². The third kappa shape index (κ3) is 3.55. The molecule has 0 spiro atoms. The van der Waals surface area contributed by atoms with Crippen LogP contribution < -0.4 is 4.74 Å². The highest BCUT2D eigenvalue weighted by atomic mass is 79.9. The van der Waals surface area contributed by atoms with Crippen molar-refractivity contribution in [1.29, 1.82) is 0 Å². The molecule has 0 aliphatic carbocycles. The summed E-state index contributed by atoms with van der Waals surface area (Å²) in [4.78, 5) is 10.8. The van der Waals surface area contributed by atoms with Gasteiger partial charge in [0, 0.05) is 10.0 Å². The van der Waals surface area contributed by atoms with Gasteiger partial charge in [-0.15, -0.1) is 0 Å². The van der Waals surface area contributed by atoms with Crippen LogP contribution in [0.25, 0.3) is 0 Å². The van der Waals surface area contributed by atoms with Crippen molar-refractivity contribution in [3.8, 4) is 5.75 Å². The Bertz CT molecular complexity index is 348. The number of hydrogen-bond donors (Lipinski definition) is 1. The van der Waals surface area contributed by atoms with Crippen molar-refractivity contribution in [3.63, 3.8) is 0 Å². The van der Waals surface area contributed by atoms with E-state index in [2.05, 4.69) is 15.9 Å². The zero-order valence-corrected chi connectivity index (χ0v) is 10.9. The van der Waals surface area contributed by atoms with Gasteiger partial charge >= 0.3 is 5.97 Å². The molecule has 0 aromatic heterocycles. The van der Waals surface area contributed by atoms with E-state index >= 15 is 0 Å². The fourth-order valence-electron chi connectivity index (χ4n) is 1.09. The predicted molar refractivity (Wildman–Crippen MR) is 63.7 cm³/mol. The summed E-state index contributed by atoms with van der Waals surface area (Å²) in [6, 6.07) is 3.29. The largest absolute Gasteiger partial charge is 0.496 e. The number of halogens is 1. The summed E-state index contributed by atoms with van der Waals surface area (Å²) in [5, 5.41) is 8.83. The number of benzene rings is 1. The van der Waals surface area contributed by atoms with Crippen LogP contribution in [0.3, 0.4) is 0 Å². The smallest absolute Gasteiger partial charge is 0.336 e. The highest BCUT2D eigenvalue weighted by molar-refractivity contribution is 9.10. The molecule has 0 amide bonds. The molecule has 0 bridgehead atoms. The SMILES string of the molecule is CC.COc1cc(Br)cc(C(=O)O)c1C. The summed E-state index contributed by atoms with van der Waals surface area (Å²) in [5.41, 5.74) is 0.893. The van der Waals surface area contributed by atoms with Crippen LogP contribution in [0.1, 0.15) is 29.8 Å². The quantitative estimate of drug-likeness (QED) is 0.898. The molecule has 0 saturated heterocycles. The van der Waals surface area contributed by atoms with Gasteiger partial charge in [-0.05, 0) is 19.1 Å². The molecule has 1 N–H and O–H groups in total. The van der Waals surface area contributed by atoms with Crippen LogP contribution in [0.15, 0.2) is 16.6 Å². The molecule has 1 rings (SSSR count). The molecule has 0 fully saturated rings. The van der Waals surface area contributed by atoms with Gasteiger partial charge in [0.25, 0.3) is 0 Å². The molecule has 0 atom stereocenters. The Kier molecular flexibility index (Phi) is 6.01. The van der Waals surface area contributed by atoms with E-state index in [0.717, 1.165) is 0 Å². The molecule has 0 heterocycles. The molecular weight excluding hydrogens is 260 g/mol. The van der Waals surface area contributed by atoms with E-state index in [1.54, 1.807) is 19.1 Å². The maximum atomic E-state index is 10.8. The fourth-order valence-corrected chi connectivity index (χ4v) is 1.53. The maximum Gasteiger partial charge on any atom is 0.336 e. The standard InChI is InChI=1S/C9H9BrO3.C2H6/c1-5-7(9(11)12)3-6(10)4-8(5)13-2;1-2/h3-4H,1-2H3,(H,11,12);1-2H3. The monoisotopic (exact) mass is 274 g/mol. The lowest BCUT2D eigenvalue weighted by molar-refractivity contribution is 0.0695. The van der Waals surface area contributed by atoms with E-state index in [0.29, 0.717) is 15.8 Å². The Labute approximate surface area is 98.2 Å². The van der Waals surface area contributed by atoms with Gasteiger partial charge in [-0.25, -0.2) is 4.79 Å². The number of carboxylic acid groups (broad SMARTS) is 1. The Morgan fingerprint density at radius 2 is 1.93 bits per heavy atom. The second-order valence-electron chi connectivity index (χ2n) is 2.59. The minimum atomic E-state index is -0.947. The fraction of sp³-hybridized carbons (Fsp3) is 0.364. The minimum absolute atomic E-state index is 0.256. The molecule has 15 heavy (non-hydrogen) atoms. The van der Waals surface area contributed by atoms with E-state index in [4.69, 9.17) is 9.84 Å². The van der Waals surface area contributed by atoms with Crippen molar-refractivity contribution in [2.24, 2.45) is 0 Å². The summed E-state index contributed by atoms with van der Waals surface area (Å²) < 4.78 is 5.72. The zero-order chi connectivity index (χ0) is 12.0. The second kappa shape index (κ2) is 6.45. The average molecular weight is 275 g/mol. The zero-order valence-electron chi connectivity index (χ0n) is 9.30. The van der Waals surface area contributed by atoms with Crippen LogP contribution >= 0.6 is 15.9 Å². The third-order valence-electron chi connectivity index (χ3n) is 1.78. The molecule has 3 nitrogen and oxygen atoms in total. The van der Waals surface area contributed by atoms with Gasteiger partial charge in [0.05, 0.1) is 12.7 Å². The molecule has 0 saturated carbocycles. The van der Waals surface area contributed by atoms with Crippen molar-refractivity contribution in [2.45, 2.75) is 20.8 Å². The van der Waals surface area contributed by atoms with E-state index in [1.807, 2.05) is 13.8 Å². The van der Waals surface area contributed by atoms with Gasteiger partial charge in [-0.2, -0.15) is 0 Å². The van der Waals surface area contributed by atoms with Gasteiger partial charge in [0.2, 0.25) is 0 Å². The summed E-state index contributed by atoms with van der Waals surface area (Å²) in [6.45, 7) is 5.72. The number of aromatic carboxylic acids is 1. The number of rotatable bonds is 2. The van der Waals surface area contributed by atoms with Crippen molar-refractivity contribution < 1.29 is 14.6 Å². The Balaban J connectivity index is 0.000000921. The first-order valence-corrected chi connectivity index (χ1v) is 5.43. The summed E-state index contributed by atoms with van der Waals surface area (Å²) >= 11 is 3.21. The Morgan fingerprint density at radius 3 is 2.33 bits per heavy atom. The molecule has 0 aliphatic heterocycles. The van der Waals surface area contributed by atoms with Crippen molar-refractivity contribution >= 4 is 21.9 Å². The number of carboxylic acids is 1. The first-order valence-electron chi connectivity index (χ1n) is 4.63. The minimum Gasteiger partial charge on any atom is -0.496 e. The topological polar surface area (TPSA) is 46.5 Å². The molecule has 1 aromatic rings. The van der Waals surface area contributed by atoms with Gasteiger partial charge in [0.1, 0.15) is 5.75 Å². The van der Waals surface area contributed by atoms with Crippen LogP contribution in [0.4, 0.5) is 0 Å². The second-order valence-corrected chi connectivity index (χ2v) is 3.50. The molecule has 1 aromatic carbocycles. The van der Waals surface area contributed by atoms with E-state index in [1.165, 1.54) is 7.11 Å². The highest BCUT2D eigenvalue weighted by Gasteiger charge is 2.12. The molecule has 84 valence electrons. The van der Waals surface area contributed by atoms with Gasteiger partial charge in [0.15, 0.2) is 0 Å². The van der Waals surface area contributed by atoms with Crippen LogP contribution in [0, 0.1) is 6.92 Å². The van der Waals surface area contributed by atoms with Crippen molar-refractivity contribution in [1.82, 2.24) is 0 Å². The normalized spacial score (nSPS) is 8.87.